The summed E-state index contributed by atoms with van der Waals surface area (Å²) in [5.74, 6) is -2.51. The standard InChI is InChI=1S/C23H25F2N5O5/c24-18-6-3-5-15(21(18)25)9-26-11-20(33)28-16(8-17(32)12-31)13-35-23(34)30-22-27-10-14-4-1-2-7-19(14)29-22/h1-7,10,16-17,26,31-32H,8-9,11-13H2,(H,28,33)(H,27,29,30,34)/t16-,17?/m0/s1. The van der Waals surface area contributed by atoms with Crippen molar-refractivity contribution in [1.29, 1.82) is 0 Å². The molecule has 0 bridgehead atoms. The van der Waals surface area contributed by atoms with Crippen molar-refractivity contribution >= 4 is 28.9 Å². The van der Waals surface area contributed by atoms with Gasteiger partial charge in [0.25, 0.3) is 0 Å². The highest BCUT2D eigenvalue weighted by Crippen LogP contribution is 2.12. The van der Waals surface area contributed by atoms with Crippen molar-refractivity contribution in [3.05, 3.63) is 65.9 Å². The minimum Gasteiger partial charge on any atom is -0.447 e. The predicted molar refractivity (Wildman–Crippen MR) is 122 cm³/mol. The maximum atomic E-state index is 13.7. The highest BCUT2D eigenvalue weighted by molar-refractivity contribution is 5.85. The number of para-hydroxylation sites is 1. The minimum absolute atomic E-state index is 0.0264. The average Bonchev–Trinajstić information content (AvgIpc) is 2.85. The number of carbonyl (C=O) groups excluding carboxylic acids is 2. The number of halogens is 2. The molecule has 0 aliphatic rings. The molecule has 12 heteroatoms. The van der Waals surface area contributed by atoms with Crippen molar-refractivity contribution < 1.29 is 33.3 Å². The normalized spacial score (nSPS) is 12.7. The van der Waals surface area contributed by atoms with Crippen molar-refractivity contribution in [2.75, 3.05) is 25.1 Å². The molecule has 0 aliphatic carbocycles. The first-order valence-electron chi connectivity index (χ1n) is 10.7. The van der Waals surface area contributed by atoms with E-state index in [9.17, 15) is 23.5 Å². The van der Waals surface area contributed by atoms with E-state index in [1.165, 1.54) is 12.1 Å². The van der Waals surface area contributed by atoms with E-state index >= 15 is 0 Å². The van der Waals surface area contributed by atoms with Crippen LogP contribution in [-0.4, -0.2) is 64.1 Å². The van der Waals surface area contributed by atoms with E-state index in [2.05, 4.69) is 25.9 Å². The highest BCUT2D eigenvalue weighted by atomic mass is 19.2. The number of aliphatic hydroxyl groups excluding tert-OH is 2. The first-order chi connectivity index (χ1) is 16.9. The Balaban J connectivity index is 1.50. The van der Waals surface area contributed by atoms with Crippen LogP contribution in [-0.2, 0) is 16.1 Å². The predicted octanol–water partition coefficient (Wildman–Crippen LogP) is 1.47. The maximum absolute atomic E-state index is 13.7. The van der Waals surface area contributed by atoms with Crippen molar-refractivity contribution in [3.8, 4) is 0 Å². The maximum Gasteiger partial charge on any atom is 0.414 e. The van der Waals surface area contributed by atoms with Gasteiger partial charge in [0.05, 0.1) is 30.8 Å². The number of anilines is 1. The molecule has 1 heterocycles. The van der Waals surface area contributed by atoms with Gasteiger partial charge in [0, 0.05) is 23.7 Å². The van der Waals surface area contributed by atoms with Gasteiger partial charge in [-0.1, -0.05) is 30.3 Å². The zero-order chi connectivity index (χ0) is 25.2. The quantitative estimate of drug-likeness (QED) is 0.272. The lowest BCUT2D eigenvalue weighted by atomic mass is 10.1. The summed E-state index contributed by atoms with van der Waals surface area (Å²) in [6.45, 7) is -1.22. The Kier molecular flexibility index (Phi) is 9.35. The summed E-state index contributed by atoms with van der Waals surface area (Å²) < 4.78 is 32.1. The van der Waals surface area contributed by atoms with Gasteiger partial charge in [-0.3, -0.25) is 10.1 Å². The largest absolute Gasteiger partial charge is 0.447 e. The molecule has 0 spiro atoms. The fourth-order valence-corrected chi connectivity index (χ4v) is 3.18. The number of nitrogens with zero attached hydrogens (tertiary/aromatic N) is 2. The summed E-state index contributed by atoms with van der Waals surface area (Å²) in [6, 6.07) is 10.1. The monoisotopic (exact) mass is 489 g/mol. The highest BCUT2D eigenvalue weighted by Gasteiger charge is 2.19. The Morgan fingerprint density at radius 3 is 2.71 bits per heavy atom. The number of aliphatic hydroxyl groups is 2. The lowest BCUT2D eigenvalue weighted by Crippen LogP contribution is -2.45. The van der Waals surface area contributed by atoms with Gasteiger partial charge in [-0.2, -0.15) is 0 Å². The molecular formula is C23H25F2N5O5. The van der Waals surface area contributed by atoms with E-state index in [4.69, 9.17) is 9.84 Å². The van der Waals surface area contributed by atoms with Crippen LogP contribution in [0.4, 0.5) is 19.5 Å². The molecule has 186 valence electrons. The van der Waals surface area contributed by atoms with Crippen LogP contribution >= 0.6 is 0 Å². The number of hydrogen-bond donors (Lipinski definition) is 5. The van der Waals surface area contributed by atoms with E-state index in [0.717, 1.165) is 11.5 Å². The van der Waals surface area contributed by atoms with Crippen LogP contribution in [0.3, 0.4) is 0 Å². The van der Waals surface area contributed by atoms with Crippen LogP contribution in [0.5, 0.6) is 0 Å². The van der Waals surface area contributed by atoms with Crippen molar-refractivity contribution in [2.45, 2.75) is 25.1 Å². The summed E-state index contributed by atoms with van der Waals surface area (Å²) in [7, 11) is 0. The van der Waals surface area contributed by atoms with E-state index in [1.54, 1.807) is 18.3 Å². The minimum atomic E-state index is -1.16. The second-order valence-electron chi connectivity index (χ2n) is 7.63. The third kappa shape index (κ3) is 7.91. The van der Waals surface area contributed by atoms with E-state index in [0.29, 0.717) is 5.52 Å². The second-order valence-corrected chi connectivity index (χ2v) is 7.63. The molecule has 0 aliphatic heterocycles. The van der Waals surface area contributed by atoms with Gasteiger partial charge in [-0.15, -0.1) is 0 Å². The number of nitrogens with one attached hydrogen (secondary N) is 3. The number of rotatable bonds is 11. The number of carbonyl (C=O) groups is 2. The van der Waals surface area contributed by atoms with Gasteiger partial charge in [-0.25, -0.2) is 23.5 Å². The summed E-state index contributed by atoms with van der Waals surface area (Å²) >= 11 is 0. The molecule has 1 unspecified atom stereocenters. The van der Waals surface area contributed by atoms with Gasteiger partial charge in [0.2, 0.25) is 11.9 Å². The Morgan fingerprint density at radius 1 is 1.11 bits per heavy atom. The van der Waals surface area contributed by atoms with Crippen molar-refractivity contribution in [1.82, 2.24) is 20.6 Å². The third-order valence-corrected chi connectivity index (χ3v) is 4.88. The number of aromatic nitrogens is 2. The number of ether oxygens (including phenoxy) is 1. The zero-order valence-corrected chi connectivity index (χ0v) is 18.6. The summed E-state index contributed by atoms with van der Waals surface area (Å²) in [5.41, 5.74) is 0.681. The van der Waals surface area contributed by atoms with Crippen LogP contribution in [0.1, 0.15) is 12.0 Å². The van der Waals surface area contributed by atoms with Crippen molar-refractivity contribution in [3.63, 3.8) is 0 Å². The number of fused-ring (bicyclic) bond motifs is 1. The molecule has 3 aromatic rings. The van der Waals surface area contributed by atoms with Gasteiger partial charge in [0.1, 0.15) is 6.61 Å². The van der Waals surface area contributed by atoms with E-state index in [-0.39, 0.29) is 37.6 Å². The number of benzene rings is 2. The molecule has 2 atom stereocenters. The Morgan fingerprint density at radius 2 is 1.91 bits per heavy atom. The molecular weight excluding hydrogens is 464 g/mol. The summed E-state index contributed by atoms with van der Waals surface area (Å²) in [6.07, 6.45) is -0.593. The zero-order valence-electron chi connectivity index (χ0n) is 18.6. The van der Waals surface area contributed by atoms with Crippen LogP contribution in [0.15, 0.2) is 48.7 Å². The molecule has 3 rings (SSSR count). The fourth-order valence-electron chi connectivity index (χ4n) is 3.18. The molecule has 2 amide bonds. The smallest absolute Gasteiger partial charge is 0.414 e. The molecule has 0 fully saturated rings. The first-order valence-corrected chi connectivity index (χ1v) is 10.7. The molecule has 2 aromatic carbocycles. The summed E-state index contributed by atoms with van der Waals surface area (Å²) in [5, 5.41) is 27.3. The van der Waals surface area contributed by atoms with Crippen LogP contribution in [0.25, 0.3) is 10.9 Å². The number of amides is 2. The Labute approximate surface area is 199 Å². The molecule has 5 N–H and O–H groups in total. The molecule has 0 radical (unpaired) electrons. The third-order valence-electron chi connectivity index (χ3n) is 4.88. The van der Waals surface area contributed by atoms with E-state index < -0.39 is 42.4 Å². The van der Waals surface area contributed by atoms with Crippen LogP contribution < -0.4 is 16.0 Å². The van der Waals surface area contributed by atoms with Gasteiger partial charge in [0.15, 0.2) is 11.6 Å². The molecule has 0 saturated heterocycles. The number of hydrogen-bond acceptors (Lipinski definition) is 8. The topological polar surface area (TPSA) is 146 Å². The SMILES string of the molecule is O=C(CNCc1cccc(F)c1F)N[C@H](COC(=O)Nc1ncc2ccccc2n1)CC(O)CO. The van der Waals surface area contributed by atoms with Gasteiger partial charge >= 0.3 is 6.09 Å². The molecule has 35 heavy (non-hydrogen) atoms. The van der Waals surface area contributed by atoms with Gasteiger partial charge in [-0.05, 0) is 18.6 Å². The average molecular weight is 489 g/mol. The van der Waals surface area contributed by atoms with Crippen LogP contribution in [0, 0.1) is 11.6 Å². The lowest BCUT2D eigenvalue weighted by molar-refractivity contribution is -0.121. The molecule has 10 nitrogen and oxygen atoms in total. The van der Waals surface area contributed by atoms with Gasteiger partial charge < -0.3 is 25.6 Å². The molecule has 1 aromatic heterocycles. The van der Waals surface area contributed by atoms with E-state index in [1.807, 2.05) is 12.1 Å². The Bertz CT molecular complexity index is 1170. The molecule has 0 saturated carbocycles. The fraction of sp³-hybridized carbons (Fsp3) is 0.304. The second kappa shape index (κ2) is 12.6. The first kappa shape index (κ1) is 25.9. The van der Waals surface area contributed by atoms with Crippen molar-refractivity contribution in [2.24, 2.45) is 0 Å². The van der Waals surface area contributed by atoms with Crippen LogP contribution in [0.2, 0.25) is 0 Å². The summed E-state index contributed by atoms with van der Waals surface area (Å²) in [4.78, 5) is 32.7. The Hall–Kier alpha value is -3.74. The lowest BCUT2D eigenvalue weighted by Gasteiger charge is -2.21.